The van der Waals surface area contributed by atoms with Crippen LogP contribution in [-0.4, -0.2) is 38.1 Å². The van der Waals surface area contributed by atoms with Crippen LogP contribution in [0.2, 0.25) is 0 Å². The Labute approximate surface area is 138 Å². The summed E-state index contributed by atoms with van der Waals surface area (Å²) < 4.78 is 15.2. The second kappa shape index (κ2) is 6.95. The number of hydrazine groups is 2. The van der Waals surface area contributed by atoms with Crippen LogP contribution < -0.4 is 5.53 Å². The van der Waals surface area contributed by atoms with E-state index in [1.807, 2.05) is 0 Å². The van der Waals surface area contributed by atoms with Crippen LogP contribution in [0.15, 0.2) is 51.2 Å². The molecule has 1 saturated heterocycles. The first kappa shape index (κ1) is 15.1. The topological polar surface area (TPSA) is 96.6 Å². The number of nitrogens with zero attached hydrogens (tertiary/aromatic N) is 5. The zero-order valence-corrected chi connectivity index (χ0v) is 13.0. The van der Waals surface area contributed by atoms with Gasteiger partial charge in [0.05, 0.1) is 30.2 Å². The van der Waals surface area contributed by atoms with E-state index in [0.717, 1.165) is 36.6 Å². The largest absolute Gasteiger partial charge is 0.451 e. The molecule has 1 fully saturated rings. The fraction of sp³-hybridized carbons (Fsp3) is 0.400. The molecule has 0 bridgehead atoms. The minimum Gasteiger partial charge on any atom is -0.451 e. The Morgan fingerprint density at radius 2 is 1.33 bits per heavy atom. The van der Waals surface area contributed by atoms with E-state index in [1.165, 1.54) is 19.2 Å². The van der Waals surface area contributed by atoms with E-state index < -0.39 is 0 Å². The molecule has 4 rings (SSSR count). The van der Waals surface area contributed by atoms with Crippen molar-refractivity contribution in [3.8, 4) is 0 Å². The summed E-state index contributed by atoms with van der Waals surface area (Å²) in [5, 5.41) is 4.23. The summed E-state index contributed by atoms with van der Waals surface area (Å²) in [4.78, 5) is 12.6. The van der Waals surface area contributed by atoms with Crippen LogP contribution in [0.1, 0.15) is 17.1 Å². The monoisotopic (exact) mass is 330 g/mol. The molecule has 0 atom stereocenters. The van der Waals surface area contributed by atoms with Crippen molar-refractivity contribution in [2.45, 2.75) is 19.5 Å². The SMILES string of the molecule is c1nc(CC2CN(Cc3cocn3)NN(Cc3cocn3)C2)co1. The van der Waals surface area contributed by atoms with Crippen LogP contribution >= 0.6 is 0 Å². The number of oxazole rings is 3. The lowest BCUT2D eigenvalue weighted by Gasteiger charge is -2.40. The standard InChI is InChI=1S/C15H18N6O3/c1(13-6-22-9-16-13)12-2-20(4-14-7-23-10-17-14)19-21(3-12)5-15-8-24-11-18-15/h6-12,19H,1-5H2. The van der Waals surface area contributed by atoms with Crippen molar-refractivity contribution < 1.29 is 13.3 Å². The molecule has 3 aromatic heterocycles. The van der Waals surface area contributed by atoms with Gasteiger partial charge in [-0.05, 0) is 12.3 Å². The summed E-state index contributed by atoms with van der Waals surface area (Å²) >= 11 is 0. The number of aromatic nitrogens is 3. The number of rotatable bonds is 6. The summed E-state index contributed by atoms with van der Waals surface area (Å²) in [6, 6.07) is 0. The number of hydrogen-bond acceptors (Lipinski definition) is 9. The van der Waals surface area contributed by atoms with Crippen molar-refractivity contribution in [2.24, 2.45) is 5.92 Å². The molecule has 9 heteroatoms. The number of nitrogens with one attached hydrogen (secondary N) is 1. The van der Waals surface area contributed by atoms with Crippen molar-refractivity contribution in [3.63, 3.8) is 0 Å². The van der Waals surface area contributed by atoms with Crippen molar-refractivity contribution in [1.82, 2.24) is 30.5 Å². The third-order valence-electron chi connectivity index (χ3n) is 3.89. The van der Waals surface area contributed by atoms with Gasteiger partial charge in [0.25, 0.3) is 0 Å². The molecule has 0 saturated carbocycles. The minimum atomic E-state index is 0.398. The van der Waals surface area contributed by atoms with Gasteiger partial charge < -0.3 is 13.3 Å². The Kier molecular flexibility index (Phi) is 4.36. The van der Waals surface area contributed by atoms with Gasteiger partial charge >= 0.3 is 0 Å². The maximum Gasteiger partial charge on any atom is 0.180 e. The summed E-state index contributed by atoms with van der Waals surface area (Å²) in [7, 11) is 0. The van der Waals surface area contributed by atoms with E-state index in [4.69, 9.17) is 13.3 Å². The molecule has 0 amide bonds. The molecule has 9 nitrogen and oxygen atoms in total. The van der Waals surface area contributed by atoms with Gasteiger partial charge in [-0.15, -0.1) is 0 Å². The molecule has 0 spiro atoms. The van der Waals surface area contributed by atoms with Gasteiger partial charge in [0.2, 0.25) is 0 Å². The Balaban J connectivity index is 1.44. The van der Waals surface area contributed by atoms with E-state index in [-0.39, 0.29) is 0 Å². The zero-order chi connectivity index (χ0) is 16.2. The lowest BCUT2D eigenvalue weighted by molar-refractivity contribution is -0.0553. The van der Waals surface area contributed by atoms with Crippen molar-refractivity contribution in [1.29, 1.82) is 0 Å². The summed E-state index contributed by atoms with van der Waals surface area (Å²) in [5.74, 6) is 0.398. The first-order chi connectivity index (χ1) is 11.8. The van der Waals surface area contributed by atoms with Crippen LogP contribution in [-0.2, 0) is 19.5 Å². The van der Waals surface area contributed by atoms with Gasteiger partial charge in [-0.3, -0.25) is 0 Å². The van der Waals surface area contributed by atoms with Gasteiger partial charge in [-0.25, -0.2) is 25.0 Å². The highest BCUT2D eigenvalue weighted by atomic mass is 16.3. The van der Waals surface area contributed by atoms with Crippen LogP contribution in [0.3, 0.4) is 0 Å². The molecular formula is C15H18N6O3. The molecule has 0 aromatic carbocycles. The smallest absolute Gasteiger partial charge is 0.180 e. The third-order valence-corrected chi connectivity index (χ3v) is 3.89. The maximum absolute atomic E-state index is 5.08. The Morgan fingerprint density at radius 1 is 0.833 bits per heavy atom. The summed E-state index contributed by atoms with van der Waals surface area (Å²) in [6.07, 6.45) is 10.2. The Hall–Kier alpha value is -2.49. The van der Waals surface area contributed by atoms with Crippen molar-refractivity contribution in [2.75, 3.05) is 13.1 Å². The van der Waals surface area contributed by atoms with Crippen LogP contribution in [0.5, 0.6) is 0 Å². The molecule has 4 heterocycles. The van der Waals surface area contributed by atoms with E-state index in [2.05, 4.69) is 30.5 Å². The molecule has 3 aromatic rings. The average Bonchev–Trinajstić information content (AvgIpc) is 3.30. The van der Waals surface area contributed by atoms with Gasteiger partial charge in [0.15, 0.2) is 19.2 Å². The van der Waals surface area contributed by atoms with E-state index >= 15 is 0 Å². The predicted molar refractivity (Wildman–Crippen MR) is 80.7 cm³/mol. The molecule has 24 heavy (non-hydrogen) atoms. The zero-order valence-electron chi connectivity index (χ0n) is 13.0. The second-order valence-electron chi connectivity index (χ2n) is 5.87. The number of hydrogen-bond donors (Lipinski definition) is 1. The highest BCUT2D eigenvalue weighted by molar-refractivity contribution is 4.97. The molecule has 0 aliphatic carbocycles. The maximum atomic E-state index is 5.08. The molecule has 1 N–H and O–H groups in total. The van der Waals surface area contributed by atoms with Gasteiger partial charge in [-0.2, -0.15) is 5.53 Å². The first-order valence-electron chi connectivity index (χ1n) is 7.72. The predicted octanol–water partition coefficient (Wildman–Crippen LogP) is 1.25. The molecule has 126 valence electrons. The highest BCUT2D eigenvalue weighted by Crippen LogP contribution is 2.17. The average molecular weight is 330 g/mol. The molecule has 0 radical (unpaired) electrons. The first-order valence-corrected chi connectivity index (χ1v) is 7.72. The lowest BCUT2D eigenvalue weighted by Crippen LogP contribution is -2.58. The van der Waals surface area contributed by atoms with Crippen LogP contribution in [0.4, 0.5) is 0 Å². The van der Waals surface area contributed by atoms with Crippen LogP contribution in [0.25, 0.3) is 0 Å². The normalized spacial score (nSPS) is 17.5. The van der Waals surface area contributed by atoms with Gasteiger partial charge in [-0.1, -0.05) is 0 Å². The Morgan fingerprint density at radius 3 is 1.79 bits per heavy atom. The van der Waals surface area contributed by atoms with Crippen molar-refractivity contribution in [3.05, 3.63) is 55.1 Å². The molecule has 0 unspecified atom stereocenters. The summed E-state index contributed by atoms with van der Waals surface area (Å²) in [5.41, 5.74) is 6.12. The van der Waals surface area contributed by atoms with E-state index in [9.17, 15) is 0 Å². The minimum absolute atomic E-state index is 0.398. The van der Waals surface area contributed by atoms with Crippen LogP contribution in [0, 0.1) is 5.92 Å². The molecule has 1 aliphatic rings. The van der Waals surface area contributed by atoms with Gasteiger partial charge in [0.1, 0.15) is 18.8 Å². The van der Waals surface area contributed by atoms with E-state index in [0.29, 0.717) is 19.0 Å². The summed E-state index contributed by atoms with van der Waals surface area (Å²) in [6.45, 7) is 3.05. The molecular weight excluding hydrogens is 312 g/mol. The fourth-order valence-corrected chi connectivity index (χ4v) is 2.95. The quantitative estimate of drug-likeness (QED) is 0.716. The third kappa shape index (κ3) is 3.70. The van der Waals surface area contributed by atoms with Gasteiger partial charge in [0, 0.05) is 13.1 Å². The fourth-order valence-electron chi connectivity index (χ4n) is 2.95. The Bertz CT molecular complexity index is 606. The second-order valence-corrected chi connectivity index (χ2v) is 5.87. The van der Waals surface area contributed by atoms with E-state index in [1.54, 1.807) is 18.8 Å². The molecule has 1 aliphatic heterocycles. The lowest BCUT2D eigenvalue weighted by atomic mass is 10.0. The van der Waals surface area contributed by atoms with Crippen molar-refractivity contribution >= 4 is 0 Å². The highest BCUT2D eigenvalue weighted by Gasteiger charge is 2.27.